The molecule has 0 saturated heterocycles. The summed E-state index contributed by atoms with van der Waals surface area (Å²) < 4.78 is 21.1. The minimum absolute atomic E-state index is 0.240. The molecule has 0 heterocycles. The molecule has 0 aliphatic rings. The van der Waals surface area contributed by atoms with E-state index in [1.807, 2.05) is 0 Å². The highest BCUT2D eigenvalue weighted by molar-refractivity contribution is 5.87. The summed E-state index contributed by atoms with van der Waals surface area (Å²) in [6.45, 7) is 11.7. The second kappa shape index (κ2) is 16.5. The summed E-state index contributed by atoms with van der Waals surface area (Å²) in [5.41, 5.74) is 0.444. The van der Waals surface area contributed by atoms with Crippen LogP contribution < -0.4 is 0 Å². The fourth-order valence-electron chi connectivity index (χ4n) is 1.51. The van der Waals surface area contributed by atoms with E-state index in [2.05, 4.69) is 20.4 Å². The van der Waals surface area contributed by atoms with Gasteiger partial charge in [0.25, 0.3) is 0 Å². The van der Waals surface area contributed by atoms with Crippen LogP contribution in [0.2, 0.25) is 0 Å². The first-order chi connectivity index (χ1) is 10.7. The van der Waals surface area contributed by atoms with Crippen LogP contribution in [0, 0.1) is 0 Å². The lowest BCUT2D eigenvalue weighted by Gasteiger charge is -2.08. The Kier molecular flexibility index (Phi) is 15.8. The number of ether oxygens (including phenoxy) is 4. The van der Waals surface area contributed by atoms with Gasteiger partial charge in [-0.25, -0.2) is 4.79 Å². The molecule has 130 valence electrons. The van der Waals surface area contributed by atoms with Gasteiger partial charge in [-0.3, -0.25) is 0 Å². The third-order valence-corrected chi connectivity index (χ3v) is 2.95. The van der Waals surface area contributed by atoms with Crippen LogP contribution in [0.5, 0.6) is 0 Å². The zero-order valence-corrected chi connectivity index (χ0v) is 14.2. The zero-order valence-electron chi connectivity index (χ0n) is 14.2. The highest BCUT2D eigenvalue weighted by Gasteiger charge is 2.08. The molecular weight excluding hydrogens is 284 g/mol. The predicted octanol–water partition coefficient (Wildman–Crippen LogP) is 3.13. The Balaban J connectivity index is 3.35. The van der Waals surface area contributed by atoms with Gasteiger partial charge in [-0.1, -0.05) is 33.3 Å². The Morgan fingerprint density at radius 1 is 0.773 bits per heavy atom. The van der Waals surface area contributed by atoms with Crippen molar-refractivity contribution in [3.05, 3.63) is 12.2 Å². The van der Waals surface area contributed by atoms with Crippen LogP contribution in [0.15, 0.2) is 12.2 Å². The van der Waals surface area contributed by atoms with Crippen molar-refractivity contribution in [1.29, 1.82) is 0 Å². The van der Waals surface area contributed by atoms with Gasteiger partial charge < -0.3 is 18.9 Å². The van der Waals surface area contributed by atoms with Crippen LogP contribution in [0.3, 0.4) is 0 Å². The molecule has 0 bridgehead atoms. The number of esters is 1. The quantitative estimate of drug-likeness (QED) is 0.249. The SMILES string of the molecule is C=C(CCOCCCC)C(=O)OCCOCCOCCCC. The van der Waals surface area contributed by atoms with E-state index in [0.717, 1.165) is 38.9 Å². The number of carbonyl (C=O) groups is 1. The minimum Gasteiger partial charge on any atom is -0.460 e. The molecule has 5 heteroatoms. The third-order valence-electron chi connectivity index (χ3n) is 2.95. The highest BCUT2D eigenvalue weighted by atomic mass is 16.6. The average Bonchev–Trinajstić information content (AvgIpc) is 2.52. The monoisotopic (exact) mass is 316 g/mol. The van der Waals surface area contributed by atoms with Crippen molar-refractivity contribution in [3.8, 4) is 0 Å². The van der Waals surface area contributed by atoms with Gasteiger partial charge in [0.05, 0.1) is 26.4 Å². The lowest BCUT2D eigenvalue weighted by atomic mass is 10.2. The Bertz CT molecular complexity index is 278. The topological polar surface area (TPSA) is 54.0 Å². The second-order valence-corrected chi connectivity index (χ2v) is 5.03. The van der Waals surface area contributed by atoms with Crippen LogP contribution in [0.1, 0.15) is 46.0 Å². The van der Waals surface area contributed by atoms with E-state index in [1.54, 1.807) is 0 Å². The Labute approximate surface area is 135 Å². The van der Waals surface area contributed by atoms with Crippen LogP contribution in [-0.4, -0.2) is 52.2 Å². The van der Waals surface area contributed by atoms with Crippen molar-refractivity contribution in [2.24, 2.45) is 0 Å². The first kappa shape index (κ1) is 21.1. The molecule has 0 aromatic heterocycles. The van der Waals surface area contributed by atoms with Gasteiger partial charge in [-0.15, -0.1) is 0 Å². The Morgan fingerprint density at radius 2 is 1.27 bits per heavy atom. The molecule has 0 unspecified atom stereocenters. The summed E-state index contributed by atoms with van der Waals surface area (Å²) in [4.78, 5) is 11.6. The van der Waals surface area contributed by atoms with Crippen molar-refractivity contribution in [2.75, 3.05) is 46.2 Å². The van der Waals surface area contributed by atoms with Crippen LogP contribution in [0.4, 0.5) is 0 Å². The normalized spacial score (nSPS) is 10.6. The summed E-state index contributed by atoms with van der Waals surface area (Å²) in [5.74, 6) is -0.373. The Morgan fingerprint density at radius 3 is 1.86 bits per heavy atom. The molecule has 0 aliphatic carbocycles. The largest absolute Gasteiger partial charge is 0.460 e. The predicted molar refractivity (Wildman–Crippen MR) is 87.0 cm³/mol. The molecule has 0 radical (unpaired) electrons. The van der Waals surface area contributed by atoms with Crippen molar-refractivity contribution >= 4 is 5.97 Å². The Hall–Kier alpha value is -0.910. The summed E-state index contributed by atoms with van der Waals surface area (Å²) in [6.07, 6.45) is 4.85. The van der Waals surface area contributed by atoms with E-state index < -0.39 is 0 Å². The van der Waals surface area contributed by atoms with Gasteiger partial charge in [-0.05, 0) is 12.8 Å². The van der Waals surface area contributed by atoms with Gasteiger partial charge in [-0.2, -0.15) is 0 Å². The first-order valence-electron chi connectivity index (χ1n) is 8.30. The van der Waals surface area contributed by atoms with E-state index in [4.69, 9.17) is 18.9 Å². The maximum atomic E-state index is 11.6. The van der Waals surface area contributed by atoms with Crippen LogP contribution in [0.25, 0.3) is 0 Å². The van der Waals surface area contributed by atoms with E-state index in [-0.39, 0.29) is 12.6 Å². The van der Waals surface area contributed by atoms with Crippen molar-refractivity contribution in [1.82, 2.24) is 0 Å². The maximum Gasteiger partial charge on any atom is 0.333 e. The molecule has 22 heavy (non-hydrogen) atoms. The van der Waals surface area contributed by atoms with Crippen molar-refractivity contribution < 1.29 is 23.7 Å². The molecule has 0 saturated carbocycles. The van der Waals surface area contributed by atoms with Crippen molar-refractivity contribution in [3.63, 3.8) is 0 Å². The molecule has 0 fully saturated rings. The minimum atomic E-state index is -0.373. The summed E-state index contributed by atoms with van der Waals surface area (Å²) in [6, 6.07) is 0. The average molecular weight is 316 g/mol. The third kappa shape index (κ3) is 14.0. The second-order valence-electron chi connectivity index (χ2n) is 5.03. The molecule has 0 rings (SSSR count). The molecular formula is C17H32O5. The number of carbonyl (C=O) groups excluding carboxylic acids is 1. The van der Waals surface area contributed by atoms with E-state index in [0.29, 0.717) is 38.4 Å². The molecule has 5 nitrogen and oxygen atoms in total. The first-order valence-corrected chi connectivity index (χ1v) is 8.30. The number of rotatable bonds is 16. The van der Waals surface area contributed by atoms with Gasteiger partial charge in [0.1, 0.15) is 6.61 Å². The standard InChI is InChI=1S/C17H32O5/c1-4-6-9-19-11-8-16(3)17(18)22-15-14-21-13-12-20-10-7-5-2/h3-15H2,1-2H3. The van der Waals surface area contributed by atoms with Gasteiger partial charge in [0.15, 0.2) is 0 Å². The number of unbranched alkanes of at least 4 members (excludes halogenated alkanes) is 2. The molecule has 0 spiro atoms. The molecule has 0 amide bonds. The molecule has 0 atom stereocenters. The van der Waals surface area contributed by atoms with Crippen LogP contribution in [-0.2, 0) is 23.7 Å². The maximum absolute atomic E-state index is 11.6. The fourth-order valence-corrected chi connectivity index (χ4v) is 1.51. The fraction of sp³-hybridized carbons (Fsp3) is 0.824. The smallest absolute Gasteiger partial charge is 0.333 e. The lowest BCUT2D eigenvalue weighted by Crippen LogP contribution is -2.15. The van der Waals surface area contributed by atoms with Crippen molar-refractivity contribution in [2.45, 2.75) is 46.0 Å². The van der Waals surface area contributed by atoms with Gasteiger partial charge in [0.2, 0.25) is 0 Å². The number of hydrogen-bond acceptors (Lipinski definition) is 5. The highest BCUT2D eigenvalue weighted by Crippen LogP contribution is 2.02. The summed E-state index contributed by atoms with van der Waals surface area (Å²) in [5, 5.41) is 0. The molecule has 0 aromatic carbocycles. The molecule has 0 N–H and O–H groups in total. The van der Waals surface area contributed by atoms with E-state index >= 15 is 0 Å². The summed E-state index contributed by atoms with van der Waals surface area (Å²) >= 11 is 0. The van der Waals surface area contributed by atoms with E-state index in [9.17, 15) is 4.79 Å². The zero-order chi connectivity index (χ0) is 16.5. The lowest BCUT2D eigenvalue weighted by molar-refractivity contribution is -0.141. The van der Waals surface area contributed by atoms with Gasteiger partial charge in [0, 0.05) is 25.2 Å². The van der Waals surface area contributed by atoms with Gasteiger partial charge >= 0.3 is 5.97 Å². The number of hydrogen-bond donors (Lipinski definition) is 0. The molecule has 0 aliphatic heterocycles. The van der Waals surface area contributed by atoms with Crippen LogP contribution >= 0.6 is 0 Å². The summed E-state index contributed by atoms with van der Waals surface area (Å²) in [7, 11) is 0. The molecule has 0 aromatic rings. The van der Waals surface area contributed by atoms with E-state index in [1.165, 1.54) is 0 Å².